The highest BCUT2D eigenvalue weighted by Gasteiger charge is 2.35. The van der Waals surface area contributed by atoms with Crippen molar-refractivity contribution < 1.29 is 23.5 Å². The van der Waals surface area contributed by atoms with E-state index in [9.17, 15) is 9.59 Å². The number of halogens is 1. The summed E-state index contributed by atoms with van der Waals surface area (Å²) in [5.74, 6) is -0.351. The smallest absolute Gasteiger partial charge is 0.247 e. The molecule has 1 aromatic heterocycles. The molecule has 40 heavy (non-hydrogen) atoms. The third-order valence-electron chi connectivity index (χ3n) is 6.37. The Labute approximate surface area is 232 Å². The molecule has 0 aliphatic rings. The van der Waals surface area contributed by atoms with Crippen molar-refractivity contribution in [1.82, 2.24) is 25.2 Å². The molecule has 0 spiro atoms. The van der Waals surface area contributed by atoms with Crippen LogP contribution in [-0.2, 0) is 22.6 Å². The highest BCUT2D eigenvalue weighted by atomic mass is 19.1. The second-order valence-corrected chi connectivity index (χ2v) is 10.4. The SMILES string of the molecule is COc1ccc(CCN(C(=O)Cn2nnc3ccccc32)[C@H](C(=O)NC(C)(C)C)c2ccccc2F)cc1OC. The maximum atomic E-state index is 15.2. The Balaban J connectivity index is 1.74. The molecule has 0 radical (unpaired) electrons. The fourth-order valence-corrected chi connectivity index (χ4v) is 4.52. The van der Waals surface area contributed by atoms with Crippen molar-refractivity contribution in [3.63, 3.8) is 0 Å². The van der Waals surface area contributed by atoms with E-state index in [4.69, 9.17) is 9.47 Å². The van der Waals surface area contributed by atoms with Gasteiger partial charge in [0.25, 0.3) is 0 Å². The number of amides is 2. The van der Waals surface area contributed by atoms with Crippen molar-refractivity contribution >= 4 is 22.8 Å². The fourth-order valence-electron chi connectivity index (χ4n) is 4.52. The zero-order valence-corrected chi connectivity index (χ0v) is 23.3. The number of nitrogens with one attached hydrogen (secondary N) is 1. The molecule has 4 rings (SSSR count). The summed E-state index contributed by atoms with van der Waals surface area (Å²) in [4.78, 5) is 29.1. The Kier molecular flexibility index (Phi) is 8.67. The first-order valence-electron chi connectivity index (χ1n) is 13.0. The van der Waals surface area contributed by atoms with Crippen molar-refractivity contribution in [2.75, 3.05) is 20.8 Å². The number of hydrogen-bond acceptors (Lipinski definition) is 6. The monoisotopic (exact) mass is 547 g/mol. The average molecular weight is 548 g/mol. The molecule has 0 saturated carbocycles. The van der Waals surface area contributed by atoms with Crippen LogP contribution in [0.5, 0.6) is 11.5 Å². The molecular formula is C30H34FN5O4. The largest absolute Gasteiger partial charge is 0.493 e. The van der Waals surface area contributed by atoms with Gasteiger partial charge in [0, 0.05) is 17.6 Å². The van der Waals surface area contributed by atoms with Gasteiger partial charge in [0.2, 0.25) is 11.8 Å². The number of nitrogens with zero attached hydrogens (tertiary/aromatic N) is 4. The molecule has 0 saturated heterocycles. The lowest BCUT2D eigenvalue weighted by molar-refractivity contribution is -0.142. The highest BCUT2D eigenvalue weighted by Crippen LogP contribution is 2.29. The highest BCUT2D eigenvalue weighted by molar-refractivity contribution is 5.89. The summed E-state index contributed by atoms with van der Waals surface area (Å²) >= 11 is 0. The second kappa shape index (κ2) is 12.1. The van der Waals surface area contributed by atoms with Crippen LogP contribution in [-0.4, -0.2) is 58.0 Å². The van der Waals surface area contributed by atoms with Gasteiger partial charge < -0.3 is 19.7 Å². The van der Waals surface area contributed by atoms with Crippen LogP contribution in [0.1, 0.15) is 37.9 Å². The topological polar surface area (TPSA) is 98.6 Å². The summed E-state index contributed by atoms with van der Waals surface area (Å²) in [6, 6.07) is 17.6. The van der Waals surface area contributed by atoms with Crippen LogP contribution in [0, 0.1) is 5.82 Å². The summed E-state index contributed by atoms with van der Waals surface area (Å²) in [6.45, 7) is 5.44. The van der Waals surface area contributed by atoms with Crippen LogP contribution < -0.4 is 14.8 Å². The lowest BCUT2D eigenvalue weighted by Crippen LogP contribution is -2.50. The standard InChI is InChI=1S/C30H34FN5O4/c1-30(2,3)32-29(38)28(21-10-6-7-11-22(21)31)35(17-16-20-14-15-25(39-4)26(18-20)40-5)27(37)19-36-24-13-9-8-12-23(24)33-34-36/h6-15,18,28H,16-17,19H2,1-5H3,(H,32,38)/t28-/m0/s1. The van der Waals surface area contributed by atoms with Gasteiger partial charge >= 0.3 is 0 Å². The molecule has 0 unspecified atom stereocenters. The van der Waals surface area contributed by atoms with Crippen molar-refractivity contribution in [2.45, 2.75) is 45.3 Å². The van der Waals surface area contributed by atoms with Crippen molar-refractivity contribution in [2.24, 2.45) is 0 Å². The minimum atomic E-state index is -1.22. The van der Waals surface area contributed by atoms with Gasteiger partial charge in [0.05, 0.1) is 19.7 Å². The maximum Gasteiger partial charge on any atom is 0.247 e. The summed E-state index contributed by atoms with van der Waals surface area (Å²) in [5, 5.41) is 11.2. The Bertz CT molecular complexity index is 1500. The first-order chi connectivity index (χ1) is 19.1. The normalized spacial score (nSPS) is 12.2. The van der Waals surface area contributed by atoms with Gasteiger partial charge in [0.15, 0.2) is 11.5 Å². The van der Waals surface area contributed by atoms with Gasteiger partial charge in [-0.3, -0.25) is 9.59 Å². The Hall–Kier alpha value is -4.47. The van der Waals surface area contributed by atoms with Gasteiger partial charge in [-0.1, -0.05) is 41.6 Å². The Morgan fingerprint density at radius 2 is 1.70 bits per heavy atom. The zero-order valence-electron chi connectivity index (χ0n) is 23.3. The molecule has 0 aliphatic carbocycles. The first kappa shape index (κ1) is 28.5. The number of carbonyl (C=O) groups excluding carboxylic acids is 2. The molecule has 0 fully saturated rings. The molecule has 0 bridgehead atoms. The van der Waals surface area contributed by atoms with Crippen molar-refractivity contribution in [1.29, 1.82) is 0 Å². The van der Waals surface area contributed by atoms with E-state index < -0.39 is 29.2 Å². The van der Waals surface area contributed by atoms with Crippen LogP contribution >= 0.6 is 0 Å². The molecule has 10 heteroatoms. The van der Waals surface area contributed by atoms with Crippen molar-refractivity contribution in [3.8, 4) is 11.5 Å². The molecule has 1 atom stereocenters. The molecule has 9 nitrogen and oxygen atoms in total. The summed E-state index contributed by atoms with van der Waals surface area (Å²) in [5.41, 5.74) is 1.67. The second-order valence-electron chi connectivity index (χ2n) is 10.4. The van der Waals surface area contributed by atoms with E-state index >= 15 is 4.39 Å². The molecule has 2 amide bonds. The van der Waals surface area contributed by atoms with Gasteiger partial charge in [-0.15, -0.1) is 5.10 Å². The predicted octanol–water partition coefficient (Wildman–Crippen LogP) is 4.31. The quantitative estimate of drug-likeness (QED) is 0.318. The van der Waals surface area contributed by atoms with Crippen LogP contribution in [0.4, 0.5) is 4.39 Å². The van der Waals surface area contributed by atoms with Gasteiger partial charge in [-0.25, -0.2) is 9.07 Å². The van der Waals surface area contributed by atoms with Gasteiger partial charge in [0.1, 0.15) is 23.9 Å². The maximum absolute atomic E-state index is 15.2. The minimum absolute atomic E-state index is 0.105. The number of carbonyl (C=O) groups is 2. The summed E-state index contributed by atoms with van der Waals surface area (Å²) < 4.78 is 27.5. The van der Waals surface area contributed by atoms with Crippen LogP contribution in [0.15, 0.2) is 66.7 Å². The van der Waals surface area contributed by atoms with E-state index in [-0.39, 0.29) is 18.7 Å². The van der Waals surface area contributed by atoms with Crippen LogP contribution in [0.25, 0.3) is 11.0 Å². The molecule has 1 heterocycles. The first-order valence-corrected chi connectivity index (χ1v) is 13.0. The van der Waals surface area contributed by atoms with E-state index in [1.54, 1.807) is 38.5 Å². The number of benzene rings is 3. The van der Waals surface area contributed by atoms with Crippen molar-refractivity contribution in [3.05, 3.63) is 83.7 Å². The summed E-state index contributed by atoms with van der Waals surface area (Å²) in [7, 11) is 3.10. The number of para-hydroxylation sites is 1. The summed E-state index contributed by atoms with van der Waals surface area (Å²) in [6.07, 6.45) is 0.373. The molecule has 210 valence electrons. The van der Waals surface area contributed by atoms with Gasteiger partial charge in [-0.05, 0) is 63.1 Å². The Morgan fingerprint density at radius 1 is 1.00 bits per heavy atom. The van der Waals surface area contributed by atoms with E-state index in [1.165, 1.54) is 21.7 Å². The lowest BCUT2D eigenvalue weighted by atomic mass is 10.00. The van der Waals surface area contributed by atoms with Crippen LogP contribution in [0.3, 0.4) is 0 Å². The Morgan fingerprint density at radius 3 is 2.40 bits per heavy atom. The molecule has 4 aromatic rings. The minimum Gasteiger partial charge on any atom is -0.493 e. The molecule has 0 aliphatic heterocycles. The van der Waals surface area contributed by atoms with Gasteiger partial charge in [-0.2, -0.15) is 0 Å². The third kappa shape index (κ3) is 6.56. The number of aromatic nitrogens is 3. The van der Waals surface area contributed by atoms with E-state index in [0.29, 0.717) is 29.0 Å². The van der Waals surface area contributed by atoms with E-state index in [0.717, 1.165) is 5.56 Å². The molecule has 1 N–H and O–H groups in total. The number of fused-ring (bicyclic) bond motifs is 1. The zero-order chi connectivity index (χ0) is 28.9. The fraction of sp³-hybridized carbons (Fsp3) is 0.333. The molecular weight excluding hydrogens is 513 g/mol. The van der Waals surface area contributed by atoms with Crippen LogP contribution in [0.2, 0.25) is 0 Å². The third-order valence-corrected chi connectivity index (χ3v) is 6.37. The number of ether oxygens (including phenoxy) is 2. The van der Waals surface area contributed by atoms with E-state index in [2.05, 4.69) is 15.6 Å². The number of hydrogen-bond donors (Lipinski definition) is 1. The lowest BCUT2D eigenvalue weighted by Gasteiger charge is -2.34. The number of rotatable bonds is 10. The average Bonchev–Trinajstić information content (AvgIpc) is 3.33. The number of methoxy groups -OCH3 is 2. The predicted molar refractivity (Wildman–Crippen MR) is 150 cm³/mol. The van der Waals surface area contributed by atoms with E-state index in [1.807, 2.05) is 51.1 Å². The molecule has 3 aromatic carbocycles.